The second kappa shape index (κ2) is 4.94. The molecule has 1 unspecified atom stereocenters. The zero-order valence-corrected chi connectivity index (χ0v) is 10.5. The van der Waals surface area contributed by atoms with Gasteiger partial charge in [0.1, 0.15) is 0 Å². The Morgan fingerprint density at radius 3 is 2.25 bits per heavy atom. The van der Waals surface area contributed by atoms with Gasteiger partial charge in [-0.3, -0.25) is 0 Å². The Kier molecular flexibility index (Phi) is 4.51. The van der Waals surface area contributed by atoms with Crippen LogP contribution in [0.15, 0.2) is 0 Å². The predicted octanol–water partition coefficient (Wildman–Crippen LogP) is 2.68. The van der Waals surface area contributed by atoms with E-state index < -0.39 is 0 Å². The minimum Gasteiger partial charge on any atom is -0.348 e. The molecule has 72 valence electrons. The first kappa shape index (κ1) is 11.0. The Labute approximate surface area is 90.3 Å². The smallest absolute Gasteiger partial charge is 0.171 e. The molecule has 0 radical (unpaired) electrons. The van der Waals surface area contributed by atoms with Gasteiger partial charge in [-0.05, 0) is 20.3 Å². The van der Waals surface area contributed by atoms with E-state index in [0.29, 0.717) is 12.2 Å². The maximum Gasteiger partial charge on any atom is 0.171 e. The van der Waals surface area contributed by atoms with Gasteiger partial charge in [-0.2, -0.15) is 0 Å². The van der Waals surface area contributed by atoms with E-state index in [4.69, 9.17) is 9.47 Å². The molecular formula is C8H14Br2O2. The van der Waals surface area contributed by atoms with Crippen molar-refractivity contribution in [3.63, 3.8) is 0 Å². The molecule has 0 amide bonds. The maximum atomic E-state index is 5.61. The van der Waals surface area contributed by atoms with Gasteiger partial charge in [0.25, 0.3) is 0 Å². The standard InChI is InChI=1S/C8H14Br2O2/c1-5-3-6(2)12-8(11-5)7(10)4-9/h5-8H,3-4H2,1-2H3/t5-,6+,7-,8?/m1/s1. The van der Waals surface area contributed by atoms with Crippen LogP contribution in [-0.2, 0) is 9.47 Å². The molecule has 0 spiro atoms. The van der Waals surface area contributed by atoms with Crippen molar-refractivity contribution in [1.82, 2.24) is 0 Å². The van der Waals surface area contributed by atoms with E-state index in [0.717, 1.165) is 11.8 Å². The van der Waals surface area contributed by atoms with Crippen LogP contribution in [0.1, 0.15) is 20.3 Å². The molecule has 1 rings (SSSR count). The van der Waals surface area contributed by atoms with Gasteiger partial charge in [0.05, 0.1) is 17.0 Å². The Hall–Kier alpha value is 0.880. The summed E-state index contributed by atoms with van der Waals surface area (Å²) in [7, 11) is 0. The highest BCUT2D eigenvalue weighted by Crippen LogP contribution is 2.24. The first-order chi connectivity index (χ1) is 5.63. The van der Waals surface area contributed by atoms with Gasteiger partial charge in [-0.1, -0.05) is 31.9 Å². The quantitative estimate of drug-likeness (QED) is 0.730. The second-order valence-electron chi connectivity index (χ2n) is 3.17. The van der Waals surface area contributed by atoms with Crippen molar-refractivity contribution in [1.29, 1.82) is 0 Å². The molecule has 0 aromatic carbocycles. The molecule has 2 nitrogen and oxygen atoms in total. The second-order valence-corrected chi connectivity index (χ2v) is 4.99. The molecule has 0 saturated carbocycles. The first-order valence-corrected chi connectivity index (χ1v) is 6.18. The van der Waals surface area contributed by atoms with Gasteiger partial charge >= 0.3 is 0 Å². The van der Waals surface area contributed by atoms with E-state index in [1.165, 1.54) is 0 Å². The van der Waals surface area contributed by atoms with Crippen LogP contribution in [0.25, 0.3) is 0 Å². The topological polar surface area (TPSA) is 18.5 Å². The van der Waals surface area contributed by atoms with Crippen molar-refractivity contribution in [2.45, 2.75) is 43.6 Å². The van der Waals surface area contributed by atoms with Crippen LogP contribution in [0.5, 0.6) is 0 Å². The summed E-state index contributed by atoms with van der Waals surface area (Å²) >= 11 is 6.88. The van der Waals surface area contributed by atoms with Crippen molar-refractivity contribution in [3.05, 3.63) is 0 Å². The molecule has 1 aliphatic rings. The number of halogens is 2. The van der Waals surface area contributed by atoms with Gasteiger partial charge in [0, 0.05) is 5.33 Å². The Morgan fingerprint density at radius 1 is 1.33 bits per heavy atom. The number of hydrogen-bond acceptors (Lipinski definition) is 2. The molecule has 1 aliphatic heterocycles. The summed E-state index contributed by atoms with van der Waals surface area (Å²) in [5.74, 6) is 0. The summed E-state index contributed by atoms with van der Waals surface area (Å²) in [6.07, 6.45) is 1.48. The van der Waals surface area contributed by atoms with E-state index >= 15 is 0 Å². The number of ether oxygens (including phenoxy) is 2. The Balaban J connectivity index is 2.43. The van der Waals surface area contributed by atoms with E-state index in [1.807, 2.05) is 0 Å². The third-order valence-corrected chi connectivity index (χ3v) is 4.16. The highest BCUT2D eigenvalue weighted by Gasteiger charge is 2.29. The third kappa shape index (κ3) is 2.98. The van der Waals surface area contributed by atoms with Gasteiger partial charge < -0.3 is 9.47 Å². The zero-order valence-electron chi connectivity index (χ0n) is 7.30. The molecule has 1 heterocycles. The highest BCUT2D eigenvalue weighted by molar-refractivity contribution is 9.12. The van der Waals surface area contributed by atoms with Crippen LogP contribution in [0.2, 0.25) is 0 Å². The SMILES string of the molecule is C[C@@H]1C[C@H](C)OC([C@H](Br)CBr)O1. The molecule has 0 aromatic rings. The normalized spacial score (nSPS) is 39.5. The van der Waals surface area contributed by atoms with Crippen LogP contribution in [0, 0.1) is 0 Å². The molecule has 4 atom stereocenters. The lowest BCUT2D eigenvalue weighted by molar-refractivity contribution is -0.230. The zero-order chi connectivity index (χ0) is 9.14. The van der Waals surface area contributed by atoms with Crippen molar-refractivity contribution in [2.24, 2.45) is 0 Å². The van der Waals surface area contributed by atoms with Crippen LogP contribution < -0.4 is 0 Å². The minimum atomic E-state index is -0.108. The third-order valence-electron chi connectivity index (χ3n) is 1.84. The predicted molar refractivity (Wildman–Crippen MR) is 56.0 cm³/mol. The average molecular weight is 302 g/mol. The van der Waals surface area contributed by atoms with Crippen LogP contribution >= 0.6 is 31.9 Å². The van der Waals surface area contributed by atoms with Gasteiger partial charge in [-0.25, -0.2) is 0 Å². The molecule has 0 aliphatic carbocycles. The van der Waals surface area contributed by atoms with E-state index in [2.05, 4.69) is 45.7 Å². The van der Waals surface area contributed by atoms with Crippen molar-refractivity contribution >= 4 is 31.9 Å². The fourth-order valence-electron chi connectivity index (χ4n) is 1.31. The summed E-state index contributed by atoms with van der Waals surface area (Å²) in [6.45, 7) is 4.17. The molecule has 1 saturated heterocycles. The average Bonchev–Trinajstić information content (AvgIpc) is 2.01. The van der Waals surface area contributed by atoms with Crippen molar-refractivity contribution in [3.8, 4) is 0 Å². The summed E-state index contributed by atoms with van der Waals surface area (Å²) < 4.78 is 11.2. The summed E-state index contributed by atoms with van der Waals surface area (Å²) in [5, 5.41) is 0.844. The number of hydrogen-bond donors (Lipinski definition) is 0. The van der Waals surface area contributed by atoms with Crippen molar-refractivity contribution in [2.75, 3.05) is 5.33 Å². The molecule has 12 heavy (non-hydrogen) atoms. The lowest BCUT2D eigenvalue weighted by Gasteiger charge is -2.34. The van der Waals surface area contributed by atoms with Crippen LogP contribution in [0.4, 0.5) is 0 Å². The minimum absolute atomic E-state index is 0.108. The lowest BCUT2D eigenvalue weighted by atomic mass is 10.2. The maximum absolute atomic E-state index is 5.61. The van der Waals surface area contributed by atoms with E-state index in [1.54, 1.807) is 0 Å². The molecule has 0 N–H and O–H groups in total. The molecule has 0 bridgehead atoms. The molecule has 1 fully saturated rings. The number of alkyl halides is 2. The largest absolute Gasteiger partial charge is 0.348 e. The lowest BCUT2D eigenvalue weighted by Crippen LogP contribution is -2.40. The van der Waals surface area contributed by atoms with E-state index in [9.17, 15) is 0 Å². The fourth-order valence-corrected chi connectivity index (χ4v) is 1.87. The number of rotatable bonds is 2. The summed E-state index contributed by atoms with van der Waals surface area (Å²) in [5.41, 5.74) is 0. The summed E-state index contributed by atoms with van der Waals surface area (Å²) in [4.78, 5) is 0.239. The first-order valence-electron chi connectivity index (χ1n) is 4.14. The Bertz CT molecular complexity index is 133. The highest BCUT2D eigenvalue weighted by atomic mass is 79.9. The fraction of sp³-hybridized carbons (Fsp3) is 1.00. The summed E-state index contributed by atoms with van der Waals surface area (Å²) in [6, 6.07) is 0. The van der Waals surface area contributed by atoms with Gasteiger partial charge in [0.2, 0.25) is 0 Å². The van der Waals surface area contributed by atoms with Gasteiger partial charge in [-0.15, -0.1) is 0 Å². The van der Waals surface area contributed by atoms with Gasteiger partial charge in [0.15, 0.2) is 6.29 Å². The Morgan fingerprint density at radius 2 is 1.83 bits per heavy atom. The van der Waals surface area contributed by atoms with Crippen LogP contribution in [0.3, 0.4) is 0 Å². The van der Waals surface area contributed by atoms with Crippen molar-refractivity contribution < 1.29 is 9.47 Å². The monoisotopic (exact) mass is 300 g/mol. The molecule has 4 heteroatoms. The molecule has 0 aromatic heterocycles. The van der Waals surface area contributed by atoms with E-state index in [-0.39, 0.29) is 11.1 Å². The molecular weight excluding hydrogens is 288 g/mol. The van der Waals surface area contributed by atoms with Crippen LogP contribution in [-0.4, -0.2) is 28.7 Å².